The molecule has 0 fully saturated rings. The van der Waals surface area contributed by atoms with Gasteiger partial charge in [0.05, 0.1) is 5.52 Å². The molecule has 1 heterocycles. The summed E-state index contributed by atoms with van der Waals surface area (Å²) in [5.41, 5.74) is 8.19. The Labute approximate surface area is 128 Å². The summed E-state index contributed by atoms with van der Waals surface area (Å²) in [6, 6.07) is 16.6. The first kappa shape index (κ1) is 14.0. The smallest absolute Gasteiger partial charge is 0.117 e. The van der Waals surface area contributed by atoms with Crippen molar-refractivity contribution in [3.05, 3.63) is 60.4 Å². The molecule has 3 rings (SSSR count). The maximum atomic E-state index is 6.04. The van der Waals surface area contributed by atoms with E-state index in [1.54, 1.807) is 18.1 Å². The molecule has 3 aromatic rings. The molecule has 2 aromatic carbocycles. The molecular weight excluding hydrogens is 278 g/mol. The quantitative estimate of drug-likeness (QED) is 0.733. The second-order valence-electron chi connectivity index (χ2n) is 4.88. The van der Waals surface area contributed by atoms with Gasteiger partial charge in [0.25, 0.3) is 0 Å². The number of para-hydroxylation sites is 1. The maximum absolute atomic E-state index is 6.04. The van der Waals surface area contributed by atoms with Crippen molar-refractivity contribution < 1.29 is 0 Å². The predicted molar refractivity (Wildman–Crippen MR) is 87.3 cm³/mol. The topological polar surface area (TPSA) is 51.8 Å². The molecule has 1 aromatic heterocycles. The highest BCUT2D eigenvalue weighted by atomic mass is 32.2. The van der Waals surface area contributed by atoms with Crippen LogP contribution in [0.3, 0.4) is 0 Å². The van der Waals surface area contributed by atoms with Crippen LogP contribution in [0.4, 0.5) is 0 Å². The lowest BCUT2D eigenvalue weighted by atomic mass is 10.1. The highest BCUT2D eigenvalue weighted by molar-refractivity contribution is 7.99. The number of aromatic nitrogens is 2. The molecule has 0 aliphatic carbocycles. The molecule has 0 spiro atoms. The van der Waals surface area contributed by atoms with Crippen molar-refractivity contribution in [3.63, 3.8) is 0 Å². The average Bonchev–Trinajstić information content (AvgIpc) is 2.55. The van der Waals surface area contributed by atoms with Gasteiger partial charge in [-0.2, -0.15) is 0 Å². The first-order valence-electron chi connectivity index (χ1n) is 7.01. The lowest BCUT2D eigenvalue weighted by molar-refractivity contribution is 0.698. The van der Waals surface area contributed by atoms with Crippen LogP contribution in [-0.4, -0.2) is 9.97 Å². The number of nitrogens with two attached hydrogens (primary N) is 1. The van der Waals surface area contributed by atoms with Crippen molar-refractivity contribution in [1.82, 2.24) is 9.97 Å². The van der Waals surface area contributed by atoms with Crippen LogP contribution in [-0.2, 0) is 0 Å². The minimum Gasteiger partial charge on any atom is -0.324 e. The van der Waals surface area contributed by atoms with E-state index in [-0.39, 0.29) is 6.04 Å². The third-order valence-corrected chi connectivity index (χ3v) is 4.50. The Bertz CT molecular complexity index is 735. The van der Waals surface area contributed by atoms with Gasteiger partial charge >= 0.3 is 0 Å². The van der Waals surface area contributed by atoms with Crippen molar-refractivity contribution >= 4 is 22.7 Å². The average molecular weight is 295 g/mol. The number of rotatable bonds is 4. The zero-order valence-electron chi connectivity index (χ0n) is 11.9. The number of hydrogen-bond acceptors (Lipinski definition) is 4. The molecule has 0 radical (unpaired) electrons. The van der Waals surface area contributed by atoms with Crippen LogP contribution in [0.15, 0.2) is 64.8 Å². The Balaban J connectivity index is 1.88. The molecule has 4 heteroatoms. The van der Waals surface area contributed by atoms with Gasteiger partial charge in [0, 0.05) is 16.3 Å². The molecule has 0 aliphatic rings. The lowest BCUT2D eigenvalue weighted by Gasteiger charge is -2.10. The molecule has 1 atom stereocenters. The van der Waals surface area contributed by atoms with Gasteiger partial charge in [0.15, 0.2) is 0 Å². The number of benzene rings is 2. The van der Waals surface area contributed by atoms with E-state index in [0.29, 0.717) is 0 Å². The van der Waals surface area contributed by atoms with E-state index < -0.39 is 0 Å². The van der Waals surface area contributed by atoms with Crippen molar-refractivity contribution in [3.8, 4) is 0 Å². The molecule has 0 amide bonds. The van der Waals surface area contributed by atoms with E-state index in [2.05, 4.69) is 47.2 Å². The highest BCUT2D eigenvalue weighted by Crippen LogP contribution is 2.31. The van der Waals surface area contributed by atoms with Crippen molar-refractivity contribution in [2.24, 2.45) is 5.73 Å². The second kappa shape index (κ2) is 6.24. The summed E-state index contributed by atoms with van der Waals surface area (Å²) < 4.78 is 0. The fourth-order valence-electron chi connectivity index (χ4n) is 2.19. The summed E-state index contributed by atoms with van der Waals surface area (Å²) in [7, 11) is 0. The molecule has 2 N–H and O–H groups in total. The van der Waals surface area contributed by atoms with Gasteiger partial charge in [-0.15, -0.1) is 0 Å². The molecule has 0 saturated carbocycles. The molecule has 3 nitrogen and oxygen atoms in total. The van der Waals surface area contributed by atoms with Crippen molar-refractivity contribution in [1.29, 1.82) is 0 Å². The molecule has 0 bridgehead atoms. The molecule has 0 unspecified atom stereocenters. The van der Waals surface area contributed by atoms with Gasteiger partial charge in [0.2, 0.25) is 0 Å². The summed E-state index contributed by atoms with van der Waals surface area (Å²) in [4.78, 5) is 9.85. The van der Waals surface area contributed by atoms with Crippen molar-refractivity contribution in [2.45, 2.75) is 29.3 Å². The summed E-state index contributed by atoms with van der Waals surface area (Å²) >= 11 is 1.65. The largest absolute Gasteiger partial charge is 0.324 e. The van der Waals surface area contributed by atoms with E-state index in [0.717, 1.165) is 27.2 Å². The number of fused-ring (bicyclic) bond motifs is 1. The van der Waals surface area contributed by atoms with Gasteiger partial charge in [-0.3, -0.25) is 0 Å². The standard InChI is InChI=1S/C17H17N3S/c1-2-15(18)12-7-9-13(10-8-12)21-17-14-5-3-4-6-16(14)19-11-20-17/h3-11,15H,2,18H2,1H3/t15-/m1/s1. The molecular formula is C17H17N3S. The molecule has 0 saturated heterocycles. The van der Waals surface area contributed by atoms with Crippen LogP contribution in [0.25, 0.3) is 10.9 Å². The van der Waals surface area contributed by atoms with Crippen LogP contribution in [0.5, 0.6) is 0 Å². The van der Waals surface area contributed by atoms with Crippen LogP contribution in [0.1, 0.15) is 24.9 Å². The highest BCUT2D eigenvalue weighted by Gasteiger charge is 2.07. The van der Waals surface area contributed by atoms with E-state index >= 15 is 0 Å². The van der Waals surface area contributed by atoms with Gasteiger partial charge in [0.1, 0.15) is 11.4 Å². The Morgan fingerprint density at radius 3 is 2.57 bits per heavy atom. The van der Waals surface area contributed by atoms with E-state index in [1.807, 2.05) is 18.2 Å². The second-order valence-corrected chi connectivity index (χ2v) is 5.94. The summed E-state index contributed by atoms with van der Waals surface area (Å²) in [6.45, 7) is 2.10. The van der Waals surface area contributed by atoms with Crippen LogP contribution >= 0.6 is 11.8 Å². The maximum Gasteiger partial charge on any atom is 0.117 e. The van der Waals surface area contributed by atoms with Gasteiger partial charge in [-0.25, -0.2) is 9.97 Å². The summed E-state index contributed by atoms with van der Waals surface area (Å²) in [6.07, 6.45) is 2.56. The van der Waals surface area contributed by atoms with Crippen LogP contribution < -0.4 is 5.73 Å². The number of hydrogen-bond donors (Lipinski definition) is 1. The monoisotopic (exact) mass is 295 g/mol. The first-order valence-corrected chi connectivity index (χ1v) is 7.82. The summed E-state index contributed by atoms with van der Waals surface area (Å²) in [5.74, 6) is 0. The normalized spacial score (nSPS) is 12.5. The fourth-order valence-corrected chi connectivity index (χ4v) is 3.07. The Hall–Kier alpha value is -1.91. The lowest BCUT2D eigenvalue weighted by Crippen LogP contribution is -2.07. The Morgan fingerprint density at radius 2 is 1.81 bits per heavy atom. The predicted octanol–water partition coefficient (Wildman–Crippen LogP) is 4.19. The molecule has 21 heavy (non-hydrogen) atoms. The fraction of sp³-hybridized carbons (Fsp3) is 0.176. The van der Waals surface area contributed by atoms with Crippen LogP contribution in [0.2, 0.25) is 0 Å². The minimum absolute atomic E-state index is 0.115. The van der Waals surface area contributed by atoms with Gasteiger partial charge in [-0.1, -0.05) is 49.0 Å². The zero-order chi connectivity index (χ0) is 14.7. The van der Waals surface area contributed by atoms with E-state index in [4.69, 9.17) is 5.73 Å². The molecule has 0 aliphatic heterocycles. The SMILES string of the molecule is CC[C@@H](N)c1ccc(Sc2ncnc3ccccc23)cc1. The third-order valence-electron chi connectivity index (χ3n) is 3.47. The van der Waals surface area contributed by atoms with E-state index in [1.165, 1.54) is 5.56 Å². The van der Waals surface area contributed by atoms with E-state index in [9.17, 15) is 0 Å². The minimum atomic E-state index is 0.115. The van der Waals surface area contributed by atoms with Crippen LogP contribution in [0, 0.1) is 0 Å². The number of nitrogens with zero attached hydrogens (tertiary/aromatic N) is 2. The summed E-state index contributed by atoms with van der Waals surface area (Å²) in [5, 5.41) is 2.06. The zero-order valence-corrected chi connectivity index (χ0v) is 12.7. The Morgan fingerprint density at radius 1 is 1.05 bits per heavy atom. The van der Waals surface area contributed by atoms with Crippen molar-refractivity contribution in [2.75, 3.05) is 0 Å². The van der Waals surface area contributed by atoms with Gasteiger partial charge in [-0.05, 0) is 30.2 Å². The first-order chi connectivity index (χ1) is 10.3. The van der Waals surface area contributed by atoms with Gasteiger partial charge < -0.3 is 5.73 Å². The third kappa shape index (κ3) is 3.06. The Kier molecular flexibility index (Phi) is 4.18. The molecule has 106 valence electrons.